The highest BCUT2D eigenvalue weighted by Crippen LogP contribution is 2.93. The predicted molar refractivity (Wildman–Crippen MR) is 53.4 cm³/mol. The molecule has 3 unspecified atom stereocenters. The second kappa shape index (κ2) is 1.53. The zero-order valence-corrected chi connectivity index (χ0v) is 8.65. The monoisotopic (exact) mass is 186 g/mol. The third-order valence-electron chi connectivity index (χ3n) is 7.87. The average Bonchev–Trinajstić information content (AvgIpc) is 2.54. The summed E-state index contributed by atoms with van der Waals surface area (Å²) in [6.07, 6.45) is 8.32. The van der Waals surface area contributed by atoms with Gasteiger partial charge in [-0.15, -0.1) is 0 Å². The van der Waals surface area contributed by atoms with E-state index >= 15 is 0 Å². The molecule has 0 heteroatoms. The van der Waals surface area contributed by atoms with Crippen molar-refractivity contribution in [2.75, 3.05) is 0 Å². The Hall–Kier alpha value is 0. The van der Waals surface area contributed by atoms with Crippen molar-refractivity contribution in [3.8, 4) is 0 Å². The summed E-state index contributed by atoms with van der Waals surface area (Å²) in [4.78, 5) is 0. The maximum atomic E-state index is 1.69. The molecular formula is C14H18. The molecule has 0 N–H and O–H groups in total. The third kappa shape index (κ3) is 0.366. The maximum absolute atomic E-state index is 1.69. The van der Waals surface area contributed by atoms with Gasteiger partial charge in [-0.3, -0.25) is 0 Å². The van der Waals surface area contributed by atoms with Gasteiger partial charge in [0.2, 0.25) is 0 Å². The van der Waals surface area contributed by atoms with E-state index in [4.69, 9.17) is 0 Å². The second-order valence-electron chi connectivity index (χ2n) is 7.40. The fraction of sp³-hybridized carbons (Fsp3) is 1.00. The molecule has 0 radical (unpaired) electrons. The molecule has 7 fully saturated rings. The van der Waals surface area contributed by atoms with E-state index in [0.717, 1.165) is 5.41 Å². The molecule has 14 heavy (non-hydrogen) atoms. The van der Waals surface area contributed by atoms with Crippen LogP contribution in [-0.2, 0) is 0 Å². The highest BCUT2D eigenvalue weighted by Gasteiger charge is 2.88. The maximum Gasteiger partial charge on any atom is -0.0168 e. The lowest BCUT2D eigenvalue weighted by Gasteiger charge is -2.28. The lowest BCUT2D eigenvalue weighted by atomic mass is 9.77. The first kappa shape index (κ1) is 6.55. The summed E-state index contributed by atoms with van der Waals surface area (Å²) in [6.45, 7) is 0. The molecule has 1 spiro atoms. The van der Waals surface area contributed by atoms with E-state index in [-0.39, 0.29) is 0 Å². The van der Waals surface area contributed by atoms with Gasteiger partial charge in [-0.1, -0.05) is 0 Å². The molecule has 7 saturated carbocycles. The molecule has 0 saturated heterocycles. The topological polar surface area (TPSA) is 0 Å². The Morgan fingerprint density at radius 1 is 0.714 bits per heavy atom. The Morgan fingerprint density at radius 3 is 2.64 bits per heavy atom. The van der Waals surface area contributed by atoms with Crippen molar-refractivity contribution >= 4 is 0 Å². The van der Waals surface area contributed by atoms with Crippen molar-refractivity contribution in [3.63, 3.8) is 0 Å². The normalized spacial score (nSPS) is 84.0. The fourth-order valence-electron chi connectivity index (χ4n) is 8.08. The van der Waals surface area contributed by atoms with E-state index in [2.05, 4.69) is 0 Å². The molecule has 7 aliphatic rings. The quantitative estimate of drug-likeness (QED) is 0.545. The van der Waals surface area contributed by atoms with Gasteiger partial charge in [0, 0.05) is 0 Å². The van der Waals surface area contributed by atoms with Crippen molar-refractivity contribution < 1.29 is 0 Å². The van der Waals surface area contributed by atoms with Crippen molar-refractivity contribution in [2.24, 2.45) is 52.8 Å². The Labute approximate surface area is 85.4 Å². The van der Waals surface area contributed by atoms with Crippen molar-refractivity contribution in [1.29, 1.82) is 0 Å². The van der Waals surface area contributed by atoms with Crippen LogP contribution in [0.5, 0.6) is 0 Å². The molecule has 6 bridgehead atoms. The molecule has 0 nitrogen and oxygen atoms in total. The number of rotatable bonds is 0. The van der Waals surface area contributed by atoms with Crippen LogP contribution >= 0.6 is 0 Å². The van der Waals surface area contributed by atoms with Crippen LogP contribution in [-0.4, -0.2) is 0 Å². The molecule has 0 aromatic rings. The van der Waals surface area contributed by atoms with Crippen LogP contribution in [0.3, 0.4) is 0 Å². The van der Waals surface area contributed by atoms with Gasteiger partial charge in [0.05, 0.1) is 0 Å². The molecule has 0 amide bonds. The van der Waals surface area contributed by atoms with E-state index in [0.29, 0.717) is 0 Å². The smallest absolute Gasteiger partial charge is 0.0168 e. The summed E-state index contributed by atoms with van der Waals surface area (Å²) < 4.78 is 0. The van der Waals surface area contributed by atoms with E-state index in [1.54, 1.807) is 32.1 Å². The van der Waals surface area contributed by atoms with Gasteiger partial charge in [-0.05, 0) is 84.9 Å². The summed E-state index contributed by atoms with van der Waals surface area (Å²) in [6, 6.07) is 0. The van der Waals surface area contributed by atoms with Crippen LogP contribution in [0.1, 0.15) is 32.1 Å². The largest absolute Gasteiger partial charge is 0.0499 e. The molecule has 0 aromatic carbocycles. The Kier molecular flexibility index (Phi) is 0.715. The zero-order chi connectivity index (χ0) is 8.65. The summed E-state index contributed by atoms with van der Waals surface area (Å²) in [7, 11) is 0. The lowest BCUT2D eigenvalue weighted by molar-refractivity contribution is 0.217. The Morgan fingerprint density at radius 2 is 1.64 bits per heavy atom. The van der Waals surface area contributed by atoms with E-state index in [1.165, 1.54) is 47.3 Å². The zero-order valence-electron chi connectivity index (χ0n) is 8.65. The predicted octanol–water partition coefficient (Wildman–Crippen LogP) is 2.93. The van der Waals surface area contributed by atoms with Crippen molar-refractivity contribution in [2.45, 2.75) is 32.1 Å². The van der Waals surface area contributed by atoms with Crippen LogP contribution in [0.4, 0.5) is 0 Å². The molecule has 74 valence electrons. The van der Waals surface area contributed by atoms with Crippen LogP contribution in [0.2, 0.25) is 0 Å². The molecule has 0 aliphatic heterocycles. The van der Waals surface area contributed by atoms with Crippen LogP contribution in [0.15, 0.2) is 0 Å². The van der Waals surface area contributed by atoms with Gasteiger partial charge in [0.25, 0.3) is 0 Å². The van der Waals surface area contributed by atoms with E-state index in [1.807, 2.05) is 0 Å². The third-order valence-corrected chi connectivity index (χ3v) is 7.87. The van der Waals surface area contributed by atoms with Gasteiger partial charge < -0.3 is 0 Å². The summed E-state index contributed by atoms with van der Waals surface area (Å²) in [5, 5.41) is 0. The Bertz CT molecular complexity index is 359. The summed E-state index contributed by atoms with van der Waals surface area (Å²) >= 11 is 0. The number of hydrogen-bond acceptors (Lipinski definition) is 0. The van der Waals surface area contributed by atoms with Gasteiger partial charge in [0.15, 0.2) is 0 Å². The van der Waals surface area contributed by atoms with Crippen LogP contribution in [0.25, 0.3) is 0 Å². The summed E-state index contributed by atoms with van der Waals surface area (Å²) in [5.74, 6) is 10.1. The molecule has 9 atom stereocenters. The minimum atomic E-state index is 1.03. The minimum Gasteiger partial charge on any atom is -0.0499 e. The average molecular weight is 186 g/mol. The first-order valence-corrected chi connectivity index (χ1v) is 6.92. The molecule has 7 aliphatic carbocycles. The Balaban J connectivity index is 1.67. The molecule has 0 aromatic heterocycles. The van der Waals surface area contributed by atoms with Crippen LogP contribution < -0.4 is 0 Å². The summed E-state index contributed by atoms with van der Waals surface area (Å²) in [5.41, 5.74) is 1.03. The minimum absolute atomic E-state index is 1.03. The fourth-order valence-corrected chi connectivity index (χ4v) is 8.08. The van der Waals surface area contributed by atoms with Gasteiger partial charge >= 0.3 is 0 Å². The molecular weight excluding hydrogens is 168 g/mol. The van der Waals surface area contributed by atoms with Crippen molar-refractivity contribution in [1.82, 2.24) is 0 Å². The number of hydrogen-bond donors (Lipinski definition) is 0. The first-order chi connectivity index (χ1) is 6.92. The first-order valence-electron chi connectivity index (χ1n) is 6.92. The molecule has 7 rings (SSSR count). The standard InChI is InChI=1S/C14H18/c1-2-8-9-3-7-5-10(9)14(12(7)8)11-4-6(1)13(11)14/h6-13H,1-5H2/t6?,7-,8?,9?,10+,11+,12-,13-,14+/m1/s1. The van der Waals surface area contributed by atoms with E-state index in [9.17, 15) is 0 Å². The van der Waals surface area contributed by atoms with Crippen molar-refractivity contribution in [3.05, 3.63) is 0 Å². The van der Waals surface area contributed by atoms with E-state index < -0.39 is 0 Å². The molecule has 0 heterocycles. The second-order valence-corrected chi connectivity index (χ2v) is 7.40. The van der Waals surface area contributed by atoms with Gasteiger partial charge in [-0.2, -0.15) is 0 Å². The highest BCUT2D eigenvalue weighted by molar-refractivity contribution is 5.36. The highest BCUT2D eigenvalue weighted by atomic mass is 14.9. The SMILES string of the molecule is C1CC2C3C[C@@H]4C[C@@H]3[C@@]3([C@@H]5C1C[C@@H]53)[C@@H]24. The van der Waals surface area contributed by atoms with Gasteiger partial charge in [-0.25, -0.2) is 0 Å². The van der Waals surface area contributed by atoms with Gasteiger partial charge in [0.1, 0.15) is 0 Å². The van der Waals surface area contributed by atoms with Crippen LogP contribution in [0, 0.1) is 52.8 Å². The lowest BCUT2D eigenvalue weighted by Crippen LogP contribution is -2.19.